The Kier molecular flexibility index (Phi) is 3.78. The molecule has 1 aromatic carbocycles. The second-order valence-corrected chi connectivity index (χ2v) is 4.28. The maximum Gasteiger partial charge on any atom is 0.488 e. The number of pyridine rings is 1. The van der Waals surface area contributed by atoms with Gasteiger partial charge in [-0.2, -0.15) is 0 Å². The standard InChI is InChI=1S/C11H9BBrNO3/c13-9-3-6-11(14-7-9)17-10-4-1-8(2-5-10)12(15)16/h1-7,15-16H. The van der Waals surface area contributed by atoms with Crippen LogP contribution in [0.2, 0.25) is 0 Å². The van der Waals surface area contributed by atoms with Crippen molar-refractivity contribution < 1.29 is 14.8 Å². The first kappa shape index (κ1) is 12.1. The van der Waals surface area contributed by atoms with Crippen LogP contribution in [0.15, 0.2) is 47.1 Å². The van der Waals surface area contributed by atoms with E-state index in [0.717, 1.165) is 4.47 Å². The van der Waals surface area contributed by atoms with Gasteiger partial charge in [-0.3, -0.25) is 0 Å². The molecule has 0 aliphatic carbocycles. The van der Waals surface area contributed by atoms with Crippen LogP contribution in [0.25, 0.3) is 0 Å². The molecule has 0 amide bonds. The van der Waals surface area contributed by atoms with Crippen LogP contribution in [0.1, 0.15) is 0 Å². The van der Waals surface area contributed by atoms with Crippen molar-refractivity contribution in [2.24, 2.45) is 0 Å². The molecule has 6 heteroatoms. The molecule has 0 saturated carbocycles. The molecule has 1 aromatic heterocycles. The van der Waals surface area contributed by atoms with Crippen molar-refractivity contribution in [3.63, 3.8) is 0 Å². The number of nitrogens with zero attached hydrogens (tertiary/aromatic N) is 1. The van der Waals surface area contributed by atoms with Crippen molar-refractivity contribution in [1.29, 1.82) is 0 Å². The third kappa shape index (κ3) is 3.29. The van der Waals surface area contributed by atoms with Gasteiger partial charge in [0.05, 0.1) is 0 Å². The van der Waals surface area contributed by atoms with Crippen LogP contribution < -0.4 is 10.2 Å². The molecule has 2 aromatic rings. The van der Waals surface area contributed by atoms with E-state index in [0.29, 0.717) is 17.1 Å². The molecule has 17 heavy (non-hydrogen) atoms. The van der Waals surface area contributed by atoms with Gasteiger partial charge in [-0.05, 0) is 39.6 Å². The predicted octanol–water partition coefficient (Wildman–Crippen LogP) is 1.32. The Morgan fingerprint density at radius 3 is 2.29 bits per heavy atom. The molecule has 0 spiro atoms. The molecular formula is C11H9BBrNO3. The molecular weight excluding hydrogens is 285 g/mol. The summed E-state index contributed by atoms with van der Waals surface area (Å²) in [6, 6.07) is 10.0. The Balaban J connectivity index is 2.11. The molecule has 0 fully saturated rings. The fraction of sp³-hybridized carbons (Fsp3) is 0. The maximum absolute atomic E-state index is 8.93. The maximum atomic E-state index is 8.93. The number of hydrogen-bond donors (Lipinski definition) is 2. The van der Waals surface area contributed by atoms with E-state index in [1.54, 1.807) is 36.5 Å². The SMILES string of the molecule is OB(O)c1ccc(Oc2ccc(Br)cn2)cc1. The minimum absolute atomic E-state index is 0.418. The zero-order valence-corrected chi connectivity index (χ0v) is 10.3. The second kappa shape index (κ2) is 5.31. The molecule has 0 aliphatic rings. The average Bonchev–Trinajstić information content (AvgIpc) is 2.33. The lowest BCUT2D eigenvalue weighted by Gasteiger charge is -2.05. The van der Waals surface area contributed by atoms with Crippen molar-refractivity contribution in [3.05, 3.63) is 47.1 Å². The van der Waals surface area contributed by atoms with E-state index in [1.807, 2.05) is 6.07 Å². The summed E-state index contributed by atoms with van der Waals surface area (Å²) in [5, 5.41) is 17.9. The van der Waals surface area contributed by atoms with Crippen LogP contribution in [-0.4, -0.2) is 22.2 Å². The lowest BCUT2D eigenvalue weighted by Crippen LogP contribution is -2.29. The van der Waals surface area contributed by atoms with Crippen molar-refractivity contribution >= 4 is 28.5 Å². The van der Waals surface area contributed by atoms with E-state index in [4.69, 9.17) is 14.8 Å². The van der Waals surface area contributed by atoms with Crippen LogP contribution in [0.4, 0.5) is 0 Å². The zero-order chi connectivity index (χ0) is 12.3. The van der Waals surface area contributed by atoms with Crippen LogP contribution in [0, 0.1) is 0 Å². The van der Waals surface area contributed by atoms with Crippen molar-refractivity contribution in [1.82, 2.24) is 4.98 Å². The highest BCUT2D eigenvalue weighted by atomic mass is 79.9. The van der Waals surface area contributed by atoms with E-state index in [9.17, 15) is 0 Å². The third-order valence-corrected chi connectivity index (χ3v) is 2.57. The second-order valence-electron chi connectivity index (χ2n) is 3.36. The molecule has 2 N–H and O–H groups in total. The normalized spacial score (nSPS) is 10.1. The van der Waals surface area contributed by atoms with E-state index in [-0.39, 0.29) is 0 Å². The molecule has 0 unspecified atom stereocenters. The highest BCUT2D eigenvalue weighted by molar-refractivity contribution is 9.10. The summed E-state index contributed by atoms with van der Waals surface area (Å²) in [4.78, 5) is 4.06. The fourth-order valence-corrected chi connectivity index (χ4v) is 1.49. The van der Waals surface area contributed by atoms with Gasteiger partial charge in [0.25, 0.3) is 0 Å². The predicted molar refractivity (Wildman–Crippen MR) is 68.3 cm³/mol. The first-order chi connectivity index (χ1) is 8.15. The summed E-state index contributed by atoms with van der Waals surface area (Å²) >= 11 is 3.28. The van der Waals surface area contributed by atoms with Crippen molar-refractivity contribution in [2.45, 2.75) is 0 Å². The van der Waals surface area contributed by atoms with Crippen LogP contribution in [0.3, 0.4) is 0 Å². The number of aromatic nitrogens is 1. The minimum atomic E-state index is -1.46. The quantitative estimate of drug-likeness (QED) is 0.838. The van der Waals surface area contributed by atoms with Gasteiger partial charge in [0.1, 0.15) is 5.75 Å². The monoisotopic (exact) mass is 293 g/mol. The van der Waals surface area contributed by atoms with Crippen molar-refractivity contribution in [2.75, 3.05) is 0 Å². The van der Waals surface area contributed by atoms with Gasteiger partial charge < -0.3 is 14.8 Å². The first-order valence-corrected chi connectivity index (χ1v) is 5.70. The number of ether oxygens (including phenoxy) is 1. The minimum Gasteiger partial charge on any atom is -0.439 e. The van der Waals surface area contributed by atoms with Crippen LogP contribution >= 0.6 is 15.9 Å². The highest BCUT2D eigenvalue weighted by Gasteiger charge is 2.10. The smallest absolute Gasteiger partial charge is 0.439 e. The summed E-state index contributed by atoms with van der Waals surface area (Å²) in [5.74, 6) is 1.06. The summed E-state index contributed by atoms with van der Waals surface area (Å²) in [6.07, 6.45) is 1.64. The Morgan fingerprint density at radius 2 is 1.76 bits per heavy atom. The van der Waals surface area contributed by atoms with E-state index < -0.39 is 7.12 Å². The largest absolute Gasteiger partial charge is 0.488 e. The van der Waals surface area contributed by atoms with Crippen molar-refractivity contribution in [3.8, 4) is 11.6 Å². The van der Waals surface area contributed by atoms with E-state index >= 15 is 0 Å². The summed E-state index contributed by atoms with van der Waals surface area (Å²) in [7, 11) is -1.46. The first-order valence-electron chi connectivity index (χ1n) is 4.90. The van der Waals surface area contributed by atoms with E-state index in [2.05, 4.69) is 20.9 Å². The van der Waals surface area contributed by atoms with Gasteiger partial charge in [0.2, 0.25) is 5.88 Å². The Labute approximate surface area is 107 Å². The fourth-order valence-electron chi connectivity index (χ4n) is 1.25. The van der Waals surface area contributed by atoms with Gasteiger partial charge in [-0.25, -0.2) is 4.98 Å². The average molecular weight is 294 g/mol. The van der Waals surface area contributed by atoms with Gasteiger partial charge in [-0.1, -0.05) is 12.1 Å². The topological polar surface area (TPSA) is 62.6 Å². The Bertz CT molecular complexity index is 487. The van der Waals surface area contributed by atoms with Crippen LogP contribution in [0.5, 0.6) is 11.6 Å². The van der Waals surface area contributed by atoms with Gasteiger partial charge in [0, 0.05) is 16.7 Å². The number of hydrogen-bond acceptors (Lipinski definition) is 4. The summed E-state index contributed by atoms with van der Waals surface area (Å²) < 4.78 is 6.35. The summed E-state index contributed by atoms with van der Waals surface area (Å²) in [6.45, 7) is 0. The summed E-state index contributed by atoms with van der Waals surface area (Å²) in [5.41, 5.74) is 0.418. The number of benzene rings is 1. The molecule has 0 radical (unpaired) electrons. The van der Waals surface area contributed by atoms with Crippen LogP contribution in [-0.2, 0) is 0 Å². The molecule has 0 atom stereocenters. The zero-order valence-electron chi connectivity index (χ0n) is 8.75. The lowest BCUT2D eigenvalue weighted by molar-refractivity contribution is 0.425. The molecule has 0 bridgehead atoms. The molecule has 0 saturated heterocycles. The molecule has 0 aliphatic heterocycles. The number of rotatable bonds is 3. The number of halogens is 1. The third-order valence-electron chi connectivity index (χ3n) is 2.10. The molecule has 86 valence electrons. The highest BCUT2D eigenvalue weighted by Crippen LogP contribution is 2.19. The molecule has 2 rings (SSSR count). The molecule has 4 nitrogen and oxygen atoms in total. The Morgan fingerprint density at radius 1 is 1.06 bits per heavy atom. The lowest BCUT2D eigenvalue weighted by atomic mass is 9.80. The van der Waals surface area contributed by atoms with E-state index in [1.165, 1.54) is 0 Å². The Hall–Kier alpha value is -1.37. The van der Waals surface area contributed by atoms with Gasteiger partial charge in [0.15, 0.2) is 0 Å². The van der Waals surface area contributed by atoms with Gasteiger partial charge >= 0.3 is 7.12 Å². The van der Waals surface area contributed by atoms with Gasteiger partial charge in [-0.15, -0.1) is 0 Å². The molecule has 1 heterocycles.